The van der Waals surface area contributed by atoms with E-state index in [1.54, 1.807) is 0 Å². The van der Waals surface area contributed by atoms with Crippen LogP contribution in [-0.2, 0) is 17.7 Å². The molecule has 0 amide bonds. The third-order valence-electron chi connectivity index (χ3n) is 2.15. The second-order valence-electron chi connectivity index (χ2n) is 3.37. The lowest BCUT2D eigenvalue weighted by Crippen LogP contribution is -2.38. The first-order chi connectivity index (χ1) is 7.38. The maximum absolute atomic E-state index is 8.50. The molecule has 1 rings (SSSR count). The highest BCUT2D eigenvalue weighted by molar-refractivity contribution is 4.82. The van der Waals surface area contributed by atoms with Gasteiger partial charge in [-0.25, -0.2) is 9.55 Å². The Bertz CT molecular complexity index is 314. The van der Waals surface area contributed by atoms with Gasteiger partial charge in [-0.2, -0.15) is 5.26 Å². The van der Waals surface area contributed by atoms with Gasteiger partial charge in [0.1, 0.15) is 18.9 Å². The number of hydrogen-bond acceptors (Lipinski definition) is 2. The van der Waals surface area contributed by atoms with Crippen LogP contribution in [0, 0.1) is 11.3 Å². The zero-order chi connectivity index (χ0) is 10.9. The second kappa shape index (κ2) is 7.02. The fraction of sp³-hybridized carbons (Fsp3) is 0.636. The molecule has 0 saturated heterocycles. The van der Waals surface area contributed by atoms with E-state index < -0.39 is 0 Å². The van der Waals surface area contributed by atoms with Gasteiger partial charge in [0.25, 0.3) is 5.82 Å². The van der Waals surface area contributed by atoms with Crippen LogP contribution in [0.5, 0.6) is 0 Å². The summed E-state index contributed by atoms with van der Waals surface area (Å²) in [5.41, 5.74) is 0. The maximum atomic E-state index is 8.50. The van der Waals surface area contributed by atoms with Crippen LogP contribution >= 0.6 is 0 Å². The van der Waals surface area contributed by atoms with Gasteiger partial charge in [-0.3, -0.25) is 0 Å². The van der Waals surface area contributed by atoms with Crippen molar-refractivity contribution in [3.05, 3.63) is 18.2 Å². The van der Waals surface area contributed by atoms with Crippen molar-refractivity contribution in [3.8, 4) is 6.07 Å². The van der Waals surface area contributed by atoms with Crippen LogP contribution in [-0.4, -0.2) is 18.2 Å². The summed E-state index contributed by atoms with van der Waals surface area (Å²) in [6, 6.07) is 2.15. The molecule has 1 aromatic rings. The van der Waals surface area contributed by atoms with E-state index in [2.05, 4.69) is 22.5 Å². The molecule has 4 heteroatoms. The van der Waals surface area contributed by atoms with Gasteiger partial charge in [-0.15, -0.1) is 0 Å². The number of nitrogens with zero attached hydrogens (tertiary/aromatic N) is 2. The molecule has 15 heavy (non-hydrogen) atoms. The molecule has 4 nitrogen and oxygen atoms in total. The van der Waals surface area contributed by atoms with Gasteiger partial charge in [0.15, 0.2) is 0 Å². The quantitative estimate of drug-likeness (QED) is 0.540. The average Bonchev–Trinajstić information content (AvgIpc) is 2.69. The van der Waals surface area contributed by atoms with Crippen molar-refractivity contribution in [3.63, 3.8) is 0 Å². The van der Waals surface area contributed by atoms with E-state index >= 15 is 0 Å². The molecule has 0 spiro atoms. The maximum Gasteiger partial charge on any atom is 0.255 e. The lowest BCUT2D eigenvalue weighted by atomic mass is 10.3. The molecule has 0 aromatic carbocycles. The average molecular weight is 208 g/mol. The Hall–Kier alpha value is -1.34. The minimum absolute atomic E-state index is 0.552. The first-order valence-electron chi connectivity index (χ1n) is 5.39. The molecule has 1 aromatic heterocycles. The van der Waals surface area contributed by atoms with Crippen LogP contribution in [0.25, 0.3) is 0 Å². The van der Waals surface area contributed by atoms with Crippen molar-refractivity contribution in [1.29, 1.82) is 5.26 Å². The fourth-order valence-corrected chi connectivity index (χ4v) is 1.41. The molecule has 82 valence electrons. The van der Waals surface area contributed by atoms with Gasteiger partial charge >= 0.3 is 0 Å². The molecule has 0 aliphatic carbocycles. The van der Waals surface area contributed by atoms with Crippen LogP contribution in [0.2, 0.25) is 0 Å². The number of ether oxygens (including phenoxy) is 1. The molecule has 0 bridgehead atoms. The number of nitrogens with one attached hydrogen (secondary N) is 1. The van der Waals surface area contributed by atoms with Gasteiger partial charge in [0, 0.05) is 13.0 Å². The molecule has 1 heterocycles. The van der Waals surface area contributed by atoms with E-state index in [4.69, 9.17) is 10.00 Å². The first kappa shape index (κ1) is 11.7. The number of hydrogen-bond donors (Lipinski definition) is 1. The zero-order valence-corrected chi connectivity index (χ0v) is 9.20. The molecule has 0 unspecified atom stereocenters. The number of rotatable bonds is 7. The van der Waals surface area contributed by atoms with Crippen molar-refractivity contribution in [2.45, 2.75) is 32.7 Å². The van der Waals surface area contributed by atoms with E-state index in [1.165, 1.54) is 0 Å². The van der Waals surface area contributed by atoms with Gasteiger partial charge in [-0.05, 0) is 6.42 Å². The standard InChI is InChI=1S/C11H17N3O/c1-2-9-15-10-8-14-7-6-13-11(14)4-3-5-12/h6-7H,2-4,8-10H2,1H3/p+1. The predicted octanol–water partition coefficient (Wildman–Crippen LogP) is 1.18. The van der Waals surface area contributed by atoms with E-state index in [1.807, 2.05) is 12.4 Å². The summed E-state index contributed by atoms with van der Waals surface area (Å²) in [6.07, 6.45) is 6.27. The smallest absolute Gasteiger partial charge is 0.255 e. The third-order valence-corrected chi connectivity index (χ3v) is 2.15. The van der Waals surface area contributed by atoms with Crippen LogP contribution < -0.4 is 4.57 Å². The summed E-state index contributed by atoms with van der Waals surface area (Å²) in [7, 11) is 0. The largest absolute Gasteiger partial charge is 0.377 e. The molecule has 0 saturated carbocycles. The normalized spacial score (nSPS) is 10.1. The zero-order valence-electron chi connectivity index (χ0n) is 9.20. The summed E-state index contributed by atoms with van der Waals surface area (Å²) in [4.78, 5) is 3.14. The molecule has 1 N–H and O–H groups in total. The molecular formula is C11H18N3O+. The first-order valence-corrected chi connectivity index (χ1v) is 5.39. The number of aromatic nitrogens is 2. The lowest BCUT2D eigenvalue weighted by molar-refractivity contribution is -0.704. The highest BCUT2D eigenvalue weighted by atomic mass is 16.5. The summed E-state index contributed by atoms with van der Waals surface area (Å²) in [6.45, 7) is 4.50. The van der Waals surface area contributed by atoms with E-state index in [-0.39, 0.29) is 0 Å². The van der Waals surface area contributed by atoms with Crippen molar-refractivity contribution < 1.29 is 9.30 Å². The van der Waals surface area contributed by atoms with E-state index in [0.717, 1.165) is 38.4 Å². The lowest BCUT2D eigenvalue weighted by Gasteiger charge is -2.01. The summed E-state index contributed by atoms with van der Waals surface area (Å²) in [5.74, 6) is 1.09. The van der Waals surface area contributed by atoms with Crippen LogP contribution in [0.4, 0.5) is 0 Å². The van der Waals surface area contributed by atoms with Crippen LogP contribution in [0.1, 0.15) is 25.6 Å². The predicted molar refractivity (Wildman–Crippen MR) is 56.0 cm³/mol. The summed E-state index contributed by atoms with van der Waals surface area (Å²) < 4.78 is 7.52. The van der Waals surface area contributed by atoms with Crippen molar-refractivity contribution >= 4 is 0 Å². The number of H-pyrrole nitrogens is 1. The fourth-order valence-electron chi connectivity index (χ4n) is 1.41. The molecule has 0 atom stereocenters. The molecule has 0 fully saturated rings. The third kappa shape index (κ3) is 4.13. The van der Waals surface area contributed by atoms with Crippen molar-refractivity contribution in [2.24, 2.45) is 0 Å². The summed E-state index contributed by atoms with van der Waals surface area (Å²) in [5, 5.41) is 8.50. The number of nitriles is 1. The van der Waals surface area contributed by atoms with Crippen molar-refractivity contribution in [2.75, 3.05) is 13.2 Å². The van der Waals surface area contributed by atoms with Crippen LogP contribution in [0.15, 0.2) is 12.4 Å². The molecule has 0 aliphatic rings. The minimum atomic E-state index is 0.552. The topological polar surface area (TPSA) is 52.7 Å². The number of imidazole rings is 1. The number of aryl methyl sites for hydroxylation is 1. The van der Waals surface area contributed by atoms with Gasteiger partial charge in [-0.1, -0.05) is 6.92 Å². The van der Waals surface area contributed by atoms with E-state index in [0.29, 0.717) is 6.42 Å². The Balaban J connectivity index is 2.33. The Labute approximate surface area is 90.5 Å². The molecular weight excluding hydrogens is 190 g/mol. The van der Waals surface area contributed by atoms with Gasteiger partial charge in [0.2, 0.25) is 0 Å². The SMILES string of the molecule is CCCOCC[n+]1cc[nH]c1CCC#N. The Morgan fingerprint density at radius 3 is 3.13 bits per heavy atom. The minimum Gasteiger partial charge on any atom is -0.377 e. The van der Waals surface area contributed by atoms with Crippen molar-refractivity contribution in [1.82, 2.24) is 4.98 Å². The Kier molecular flexibility index (Phi) is 5.49. The highest BCUT2D eigenvalue weighted by Gasteiger charge is 2.08. The Morgan fingerprint density at radius 2 is 2.40 bits per heavy atom. The van der Waals surface area contributed by atoms with Gasteiger partial charge in [0.05, 0.1) is 19.1 Å². The highest BCUT2D eigenvalue weighted by Crippen LogP contribution is 1.92. The second-order valence-corrected chi connectivity index (χ2v) is 3.37. The monoisotopic (exact) mass is 208 g/mol. The Morgan fingerprint density at radius 1 is 1.53 bits per heavy atom. The van der Waals surface area contributed by atoms with E-state index in [9.17, 15) is 0 Å². The number of aromatic amines is 1. The van der Waals surface area contributed by atoms with Gasteiger partial charge < -0.3 is 4.74 Å². The van der Waals surface area contributed by atoms with Crippen LogP contribution in [0.3, 0.4) is 0 Å². The molecule has 0 radical (unpaired) electrons. The summed E-state index contributed by atoms with van der Waals surface area (Å²) >= 11 is 0. The molecule has 0 aliphatic heterocycles.